The highest BCUT2D eigenvalue weighted by molar-refractivity contribution is 6.08. The minimum absolute atomic E-state index is 0.271. The Kier molecular flexibility index (Phi) is 5.21. The molecule has 0 unspecified atom stereocenters. The van der Waals surface area contributed by atoms with E-state index in [9.17, 15) is 4.79 Å². The van der Waals surface area contributed by atoms with Crippen LogP contribution in [0.5, 0.6) is 0 Å². The first-order valence-corrected chi connectivity index (χ1v) is 11.1. The second-order valence-corrected chi connectivity index (χ2v) is 8.24. The Labute approximate surface area is 194 Å². The van der Waals surface area contributed by atoms with E-state index < -0.39 is 0 Å². The molecule has 1 aliphatic rings. The number of pyridine rings is 2. The topological polar surface area (TPSA) is 125 Å². The molecule has 10 heteroatoms. The lowest BCUT2D eigenvalue weighted by Crippen LogP contribution is -2.36. The smallest absolute Gasteiger partial charge is 0.274 e. The van der Waals surface area contributed by atoms with E-state index in [0.29, 0.717) is 17.9 Å². The highest BCUT2D eigenvalue weighted by Crippen LogP contribution is 2.31. The third-order valence-electron chi connectivity index (χ3n) is 5.96. The lowest BCUT2D eigenvalue weighted by molar-refractivity contribution is 0.0336. The number of aromatic nitrogens is 6. The number of benzene rings is 1. The average molecular weight is 454 g/mol. The number of fused-ring (bicyclic) bond motifs is 2. The van der Waals surface area contributed by atoms with Gasteiger partial charge in [0.05, 0.1) is 42.5 Å². The molecular formula is C24H22N8O2. The fraction of sp³-hybridized carbons (Fsp3) is 0.208. The fourth-order valence-corrected chi connectivity index (χ4v) is 4.18. The van der Waals surface area contributed by atoms with Gasteiger partial charge in [0.15, 0.2) is 5.65 Å². The van der Waals surface area contributed by atoms with Crippen LogP contribution >= 0.6 is 0 Å². The molecule has 1 fully saturated rings. The van der Waals surface area contributed by atoms with Gasteiger partial charge in [-0.3, -0.25) is 19.9 Å². The Bertz CT molecular complexity index is 1480. The van der Waals surface area contributed by atoms with E-state index in [4.69, 9.17) is 4.74 Å². The number of aromatic amines is 2. The summed E-state index contributed by atoms with van der Waals surface area (Å²) in [6, 6.07) is 11.5. The summed E-state index contributed by atoms with van der Waals surface area (Å²) in [6.45, 7) is 3.86. The minimum Gasteiger partial charge on any atom is -0.379 e. The monoisotopic (exact) mass is 454 g/mol. The van der Waals surface area contributed by atoms with Crippen molar-refractivity contribution in [2.75, 3.05) is 31.6 Å². The van der Waals surface area contributed by atoms with Gasteiger partial charge in [-0.25, -0.2) is 9.97 Å². The highest BCUT2D eigenvalue weighted by atomic mass is 16.5. The molecule has 170 valence electrons. The van der Waals surface area contributed by atoms with Crippen molar-refractivity contribution in [1.29, 1.82) is 0 Å². The molecule has 3 N–H and O–H groups in total. The summed E-state index contributed by atoms with van der Waals surface area (Å²) in [7, 11) is 0. The van der Waals surface area contributed by atoms with E-state index in [-0.39, 0.29) is 5.91 Å². The molecule has 1 aromatic carbocycles. The zero-order valence-corrected chi connectivity index (χ0v) is 18.3. The Hall–Kier alpha value is -4.15. The van der Waals surface area contributed by atoms with Crippen LogP contribution in [0.4, 0.5) is 5.69 Å². The standard InChI is InChI=1S/C24H22N8O2/c33-24(20-3-1-2-18(28-20)14-32-4-6-34-7-5-32)29-21-9-15(10-22-19(21)13-27-30-22)16-8-17-12-26-31-23(17)25-11-16/h1-3,8-13H,4-7,14H2,(H,27,30)(H,29,33)(H,25,26,31). The molecule has 6 rings (SSSR count). The van der Waals surface area contributed by atoms with Gasteiger partial charge in [-0.1, -0.05) is 6.07 Å². The second kappa shape index (κ2) is 8.65. The van der Waals surface area contributed by atoms with Crippen LogP contribution in [0.15, 0.2) is 55.0 Å². The molecule has 5 heterocycles. The van der Waals surface area contributed by atoms with Gasteiger partial charge in [0.2, 0.25) is 0 Å². The van der Waals surface area contributed by atoms with E-state index in [1.807, 2.05) is 30.3 Å². The van der Waals surface area contributed by atoms with Crippen molar-refractivity contribution >= 4 is 33.5 Å². The largest absolute Gasteiger partial charge is 0.379 e. The van der Waals surface area contributed by atoms with Crippen molar-refractivity contribution in [2.45, 2.75) is 6.54 Å². The summed E-state index contributed by atoms with van der Waals surface area (Å²) in [5.74, 6) is -0.271. The molecule has 0 aliphatic carbocycles. The lowest BCUT2D eigenvalue weighted by Gasteiger charge is -2.26. The first kappa shape index (κ1) is 20.5. The summed E-state index contributed by atoms with van der Waals surface area (Å²) in [5.41, 5.74) is 5.23. The molecule has 1 aliphatic heterocycles. The number of ether oxygens (including phenoxy) is 1. The number of morpholine rings is 1. The maximum Gasteiger partial charge on any atom is 0.274 e. The van der Waals surface area contributed by atoms with Gasteiger partial charge in [0, 0.05) is 42.2 Å². The van der Waals surface area contributed by atoms with E-state index in [0.717, 1.165) is 65.1 Å². The first-order valence-electron chi connectivity index (χ1n) is 11.1. The van der Waals surface area contributed by atoms with E-state index >= 15 is 0 Å². The third kappa shape index (κ3) is 4.00. The number of H-pyrrole nitrogens is 2. The lowest BCUT2D eigenvalue weighted by atomic mass is 10.0. The van der Waals surface area contributed by atoms with Crippen LogP contribution in [-0.2, 0) is 11.3 Å². The van der Waals surface area contributed by atoms with Crippen LogP contribution in [0.1, 0.15) is 16.2 Å². The van der Waals surface area contributed by atoms with Crippen molar-refractivity contribution in [2.24, 2.45) is 0 Å². The molecule has 10 nitrogen and oxygen atoms in total. The summed E-state index contributed by atoms with van der Waals surface area (Å²) >= 11 is 0. The molecule has 4 aromatic heterocycles. The average Bonchev–Trinajstić information content (AvgIpc) is 3.54. The van der Waals surface area contributed by atoms with E-state index in [1.165, 1.54) is 0 Å². The van der Waals surface area contributed by atoms with Crippen molar-refractivity contribution < 1.29 is 9.53 Å². The van der Waals surface area contributed by atoms with Gasteiger partial charge in [-0.05, 0) is 35.9 Å². The Morgan fingerprint density at radius 2 is 1.91 bits per heavy atom. The number of carbonyl (C=O) groups is 1. The predicted molar refractivity (Wildman–Crippen MR) is 127 cm³/mol. The van der Waals surface area contributed by atoms with Gasteiger partial charge < -0.3 is 10.1 Å². The number of amides is 1. The number of hydrogen-bond donors (Lipinski definition) is 3. The van der Waals surface area contributed by atoms with Crippen LogP contribution in [0.2, 0.25) is 0 Å². The molecule has 0 atom stereocenters. The summed E-state index contributed by atoms with van der Waals surface area (Å²) in [5, 5.41) is 18.8. The molecule has 5 aromatic rings. The van der Waals surface area contributed by atoms with Crippen LogP contribution in [0.25, 0.3) is 33.1 Å². The molecule has 0 bridgehead atoms. The quantitative estimate of drug-likeness (QED) is 0.373. The van der Waals surface area contributed by atoms with Crippen LogP contribution in [0.3, 0.4) is 0 Å². The van der Waals surface area contributed by atoms with Gasteiger partial charge in [0.25, 0.3) is 5.91 Å². The predicted octanol–water partition coefficient (Wildman–Crippen LogP) is 2.98. The zero-order chi connectivity index (χ0) is 22.9. The van der Waals surface area contributed by atoms with Gasteiger partial charge in [-0.2, -0.15) is 10.2 Å². The van der Waals surface area contributed by atoms with Gasteiger partial charge in [-0.15, -0.1) is 0 Å². The molecule has 0 radical (unpaired) electrons. The number of carbonyl (C=O) groups excluding carboxylic acids is 1. The van der Waals surface area contributed by atoms with Crippen LogP contribution in [0, 0.1) is 0 Å². The minimum atomic E-state index is -0.271. The van der Waals surface area contributed by atoms with Gasteiger partial charge >= 0.3 is 0 Å². The number of anilines is 1. The van der Waals surface area contributed by atoms with Crippen LogP contribution < -0.4 is 5.32 Å². The summed E-state index contributed by atoms with van der Waals surface area (Å²) in [4.78, 5) is 24.5. The maximum atomic E-state index is 13.1. The zero-order valence-electron chi connectivity index (χ0n) is 18.3. The highest BCUT2D eigenvalue weighted by Gasteiger charge is 2.16. The Morgan fingerprint density at radius 3 is 2.82 bits per heavy atom. The van der Waals surface area contributed by atoms with E-state index in [2.05, 4.69) is 40.6 Å². The maximum absolute atomic E-state index is 13.1. The van der Waals surface area contributed by atoms with Gasteiger partial charge in [0.1, 0.15) is 5.69 Å². The Morgan fingerprint density at radius 1 is 1.03 bits per heavy atom. The number of hydrogen-bond acceptors (Lipinski definition) is 7. The first-order chi connectivity index (χ1) is 16.7. The van der Waals surface area contributed by atoms with E-state index in [1.54, 1.807) is 24.7 Å². The number of nitrogens with zero attached hydrogens (tertiary/aromatic N) is 5. The van der Waals surface area contributed by atoms with Crippen molar-refractivity contribution in [1.82, 2.24) is 35.3 Å². The summed E-state index contributed by atoms with van der Waals surface area (Å²) < 4.78 is 5.41. The number of rotatable bonds is 5. The molecule has 1 saturated heterocycles. The van der Waals surface area contributed by atoms with Crippen molar-refractivity contribution in [3.8, 4) is 11.1 Å². The summed E-state index contributed by atoms with van der Waals surface area (Å²) in [6.07, 6.45) is 5.22. The fourth-order valence-electron chi connectivity index (χ4n) is 4.18. The second-order valence-electron chi connectivity index (χ2n) is 8.24. The normalized spacial score (nSPS) is 14.6. The molecular weight excluding hydrogens is 432 g/mol. The Balaban J connectivity index is 1.29. The van der Waals surface area contributed by atoms with Crippen molar-refractivity contribution in [3.05, 3.63) is 66.4 Å². The van der Waals surface area contributed by atoms with Crippen molar-refractivity contribution in [3.63, 3.8) is 0 Å². The molecule has 0 spiro atoms. The number of nitrogens with one attached hydrogen (secondary N) is 3. The molecule has 1 amide bonds. The molecule has 34 heavy (non-hydrogen) atoms. The van der Waals surface area contributed by atoms with Crippen LogP contribution in [-0.4, -0.2) is 67.5 Å². The third-order valence-corrected chi connectivity index (χ3v) is 5.96. The molecule has 0 saturated carbocycles. The SMILES string of the molecule is O=C(Nc1cc(-c2cnc3[nH]ncc3c2)cc2[nH]ncc12)c1cccc(CN2CCOCC2)n1.